The van der Waals surface area contributed by atoms with Gasteiger partial charge in [0.2, 0.25) is 0 Å². The van der Waals surface area contributed by atoms with Crippen molar-refractivity contribution in [2.45, 2.75) is 10.8 Å². The molecule has 0 aromatic heterocycles. The van der Waals surface area contributed by atoms with E-state index in [1.54, 1.807) is 0 Å². The summed E-state index contributed by atoms with van der Waals surface area (Å²) in [5.41, 5.74) is 17.8. The van der Waals surface area contributed by atoms with Crippen LogP contribution in [0.2, 0.25) is 0 Å². The molecule has 0 bridgehead atoms. The van der Waals surface area contributed by atoms with Gasteiger partial charge < -0.3 is 4.90 Å². The maximum absolute atomic E-state index is 2.41. The summed E-state index contributed by atoms with van der Waals surface area (Å²) in [4.78, 5) is 2.36. The van der Waals surface area contributed by atoms with Gasteiger partial charge in [-0.05, 0) is 103 Å². The molecule has 9 aromatic rings. The highest BCUT2D eigenvalue weighted by atomic mass is 15.1. The first-order chi connectivity index (χ1) is 28.3. The van der Waals surface area contributed by atoms with Crippen molar-refractivity contribution in [3.63, 3.8) is 0 Å². The normalized spacial score (nSPS) is 17.3. The van der Waals surface area contributed by atoms with Crippen molar-refractivity contribution in [3.8, 4) is 22.3 Å². The SMILES string of the molecule is c1ccc(-c2ccc(N(c3ccccc3)c3ccc(C4(c5ccccc5)c5ccccc5C5(c6ccccc6)c6ccccc6-c6cccc4c65)cc3)cc2)cc1. The number of benzene rings is 9. The van der Waals surface area contributed by atoms with Crippen LogP contribution in [0.1, 0.15) is 44.5 Å². The Bertz CT molecular complexity index is 2870. The number of anilines is 3. The summed E-state index contributed by atoms with van der Waals surface area (Å²) in [5, 5.41) is 0. The summed E-state index contributed by atoms with van der Waals surface area (Å²) >= 11 is 0. The monoisotopic (exact) mass is 725 g/mol. The molecule has 0 aliphatic heterocycles. The Balaban J connectivity index is 1.15. The van der Waals surface area contributed by atoms with Crippen LogP contribution >= 0.6 is 0 Å². The van der Waals surface area contributed by atoms with Gasteiger partial charge in [-0.15, -0.1) is 0 Å². The van der Waals surface area contributed by atoms with E-state index < -0.39 is 10.8 Å². The molecule has 9 aromatic carbocycles. The van der Waals surface area contributed by atoms with Crippen LogP contribution in [-0.2, 0) is 10.8 Å². The molecule has 2 unspecified atom stereocenters. The first-order valence-corrected chi connectivity index (χ1v) is 19.9. The number of para-hydroxylation sites is 1. The molecule has 0 saturated carbocycles. The quantitative estimate of drug-likeness (QED) is 0.158. The van der Waals surface area contributed by atoms with Gasteiger partial charge in [-0.3, -0.25) is 0 Å². The van der Waals surface area contributed by atoms with E-state index in [-0.39, 0.29) is 0 Å². The molecule has 57 heavy (non-hydrogen) atoms. The van der Waals surface area contributed by atoms with E-state index in [9.17, 15) is 0 Å². The van der Waals surface area contributed by atoms with Gasteiger partial charge in [0.25, 0.3) is 0 Å². The largest absolute Gasteiger partial charge is 0.311 e. The fraction of sp³-hybridized carbons (Fsp3) is 0.0357. The molecular formula is C56H39N. The van der Waals surface area contributed by atoms with Crippen LogP contribution in [0.3, 0.4) is 0 Å². The van der Waals surface area contributed by atoms with E-state index in [0.717, 1.165) is 17.1 Å². The zero-order valence-electron chi connectivity index (χ0n) is 31.5. The number of hydrogen-bond donors (Lipinski definition) is 0. The molecule has 11 rings (SSSR count). The summed E-state index contributed by atoms with van der Waals surface area (Å²) in [5.74, 6) is 0. The topological polar surface area (TPSA) is 3.24 Å². The van der Waals surface area contributed by atoms with E-state index in [1.807, 2.05) is 0 Å². The predicted octanol–water partition coefficient (Wildman–Crippen LogP) is 13.9. The van der Waals surface area contributed by atoms with Crippen molar-refractivity contribution in [3.05, 3.63) is 281 Å². The van der Waals surface area contributed by atoms with Crippen LogP contribution in [0.4, 0.5) is 17.1 Å². The van der Waals surface area contributed by atoms with E-state index >= 15 is 0 Å². The summed E-state index contributed by atoms with van der Waals surface area (Å²) in [6, 6.07) is 87.3. The summed E-state index contributed by atoms with van der Waals surface area (Å²) in [6.45, 7) is 0. The van der Waals surface area contributed by atoms with E-state index in [4.69, 9.17) is 0 Å². The number of rotatable bonds is 7. The molecule has 2 aliphatic rings. The zero-order valence-corrected chi connectivity index (χ0v) is 31.5. The van der Waals surface area contributed by atoms with Gasteiger partial charge >= 0.3 is 0 Å². The second-order valence-corrected chi connectivity index (χ2v) is 15.2. The fourth-order valence-electron chi connectivity index (χ4n) is 10.2. The van der Waals surface area contributed by atoms with Crippen molar-refractivity contribution in [1.29, 1.82) is 0 Å². The van der Waals surface area contributed by atoms with Crippen molar-refractivity contribution in [1.82, 2.24) is 0 Å². The smallest absolute Gasteiger partial charge is 0.0720 e. The highest BCUT2D eigenvalue weighted by Gasteiger charge is 2.57. The minimum Gasteiger partial charge on any atom is -0.311 e. The van der Waals surface area contributed by atoms with Gasteiger partial charge in [0.05, 0.1) is 10.8 Å². The van der Waals surface area contributed by atoms with Crippen molar-refractivity contribution < 1.29 is 0 Å². The van der Waals surface area contributed by atoms with Crippen LogP contribution in [0.5, 0.6) is 0 Å². The van der Waals surface area contributed by atoms with Gasteiger partial charge in [0.1, 0.15) is 0 Å². The Labute approximate surface area is 334 Å². The molecule has 0 fully saturated rings. The Kier molecular flexibility index (Phi) is 7.69. The van der Waals surface area contributed by atoms with E-state index in [0.29, 0.717) is 0 Å². The van der Waals surface area contributed by atoms with E-state index in [1.165, 1.54) is 66.8 Å². The minimum atomic E-state index is -0.586. The zero-order chi connectivity index (χ0) is 37.8. The van der Waals surface area contributed by atoms with Crippen molar-refractivity contribution >= 4 is 17.1 Å². The first kappa shape index (κ1) is 33.1. The van der Waals surface area contributed by atoms with Crippen LogP contribution in [0, 0.1) is 0 Å². The summed E-state index contributed by atoms with van der Waals surface area (Å²) in [6.07, 6.45) is 0. The molecule has 0 spiro atoms. The van der Waals surface area contributed by atoms with Gasteiger partial charge in [-0.1, -0.05) is 200 Å². The van der Waals surface area contributed by atoms with Crippen molar-refractivity contribution in [2.75, 3.05) is 4.90 Å². The van der Waals surface area contributed by atoms with Gasteiger partial charge in [0.15, 0.2) is 0 Å². The second-order valence-electron chi connectivity index (χ2n) is 15.2. The maximum atomic E-state index is 2.41. The lowest BCUT2D eigenvalue weighted by molar-refractivity contribution is 0.626. The molecule has 1 heteroatoms. The first-order valence-electron chi connectivity index (χ1n) is 19.9. The number of hydrogen-bond acceptors (Lipinski definition) is 1. The Morgan fingerprint density at radius 1 is 0.246 bits per heavy atom. The fourth-order valence-corrected chi connectivity index (χ4v) is 10.2. The molecule has 0 amide bonds. The molecule has 0 saturated heterocycles. The number of nitrogens with zero attached hydrogens (tertiary/aromatic N) is 1. The van der Waals surface area contributed by atoms with Crippen LogP contribution in [0.25, 0.3) is 22.3 Å². The van der Waals surface area contributed by atoms with Gasteiger partial charge in [0, 0.05) is 17.1 Å². The minimum absolute atomic E-state index is 0.464. The third-order valence-corrected chi connectivity index (χ3v) is 12.4. The summed E-state index contributed by atoms with van der Waals surface area (Å²) < 4.78 is 0. The molecule has 0 radical (unpaired) electrons. The average Bonchev–Trinajstić information content (AvgIpc) is 3.61. The van der Waals surface area contributed by atoms with Crippen LogP contribution in [-0.4, -0.2) is 0 Å². The maximum Gasteiger partial charge on any atom is 0.0720 e. The molecule has 268 valence electrons. The molecule has 0 N–H and O–H groups in total. The highest BCUT2D eigenvalue weighted by Crippen LogP contribution is 2.65. The number of fused-ring (bicyclic) bond motifs is 5. The lowest BCUT2D eigenvalue weighted by atomic mass is 9.52. The van der Waals surface area contributed by atoms with Gasteiger partial charge in [-0.25, -0.2) is 0 Å². The van der Waals surface area contributed by atoms with Crippen LogP contribution in [0.15, 0.2) is 237 Å². The molecule has 0 heterocycles. The Morgan fingerprint density at radius 3 is 1.28 bits per heavy atom. The van der Waals surface area contributed by atoms with Gasteiger partial charge in [-0.2, -0.15) is 0 Å². The predicted molar refractivity (Wildman–Crippen MR) is 236 cm³/mol. The van der Waals surface area contributed by atoms with Crippen LogP contribution < -0.4 is 4.90 Å². The summed E-state index contributed by atoms with van der Waals surface area (Å²) in [7, 11) is 0. The molecule has 1 nitrogen and oxygen atoms in total. The standard InChI is InChI=1S/C56H39N/c1-5-18-40(19-6-1)41-32-36-46(37-33-41)57(45-24-11-4-12-25-45)47-38-34-44(35-39-47)55(42-20-7-2-8-21-42)51-29-15-16-30-52(51)56(43-22-9-3-10-23-43)50-28-14-13-26-48(50)49-27-17-31-53(55)54(49)56/h1-39H. The van der Waals surface area contributed by atoms with E-state index in [2.05, 4.69) is 241 Å². The second kappa shape index (κ2) is 13.2. The lowest BCUT2D eigenvalue weighted by Gasteiger charge is -2.49. The molecular weight excluding hydrogens is 687 g/mol. The lowest BCUT2D eigenvalue weighted by Crippen LogP contribution is -2.44. The third kappa shape index (κ3) is 4.82. The average molecular weight is 726 g/mol. The molecule has 2 aliphatic carbocycles. The highest BCUT2D eigenvalue weighted by molar-refractivity contribution is 5.92. The molecule has 2 atom stereocenters. The third-order valence-electron chi connectivity index (χ3n) is 12.4. The Hall–Kier alpha value is -7.22. The Morgan fingerprint density at radius 2 is 0.649 bits per heavy atom. The van der Waals surface area contributed by atoms with Crippen molar-refractivity contribution in [2.24, 2.45) is 0 Å².